The second-order valence-electron chi connectivity index (χ2n) is 8.87. The van der Waals surface area contributed by atoms with Gasteiger partial charge in [0, 0.05) is 30.4 Å². The molecular weight excluding hydrogens is 564 g/mol. The number of nitrogens with two attached hydrogens (primary N) is 1. The van der Waals surface area contributed by atoms with E-state index in [1.165, 1.54) is 0 Å². The van der Waals surface area contributed by atoms with E-state index in [0.29, 0.717) is 38.9 Å². The van der Waals surface area contributed by atoms with Crippen LogP contribution in [0.5, 0.6) is 0 Å². The van der Waals surface area contributed by atoms with Crippen LogP contribution in [0.25, 0.3) is 0 Å². The third-order valence-electron chi connectivity index (χ3n) is 5.76. The standard InChI is InChI=1S/C25H37BrN4O8/c26-18-10-8-17(9-11-18)16-30(21(31)7-2-1-4-14-27)15-5-3-6-19(23(34)35)28-25(38)29-20(24(36)37)12-13-22(32)33/h8-11,19-20H,1-7,12-16,27H2,(H,32,33)(H,34,35)(H,36,37)(H2,28,29,38)/t19-,20-/m0/s1. The summed E-state index contributed by atoms with van der Waals surface area (Å²) >= 11 is 3.39. The van der Waals surface area contributed by atoms with Crippen LogP contribution >= 0.6 is 15.9 Å². The van der Waals surface area contributed by atoms with E-state index in [1.54, 1.807) is 4.90 Å². The number of aliphatic carboxylic acids is 3. The number of unbranched alkanes of at least 4 members (excludes halogenated alkanes) is 3. The third-order valence-corrected chi connectivity index (χ3v) is 6.29. The highest BCUT2D eigenvalue weighted by atomic mass is 79.9. The van der Waals surface area contributed by atoms with Crippen molar-refractivity contribution >= 4 is 45.8 Å². The van der Waals surface area contributed by atoms with Crippen LogP contribution in [0.2, 0.25) is 0 Å². The molecule has 0 saturated heterocycles. The van der Waals surface area contributed by atoms with Crippen molar-refractivity contribution in [2.24, 2.45) is 5.73 Å². The van der Waals surface area contributed by atoms with Crippen molar-refractivity contribution in [3.8, 4) is 0 Å². The minimum atomic E-state index is -1.47. The fraction of sp³-hybridized carbons (Fsp3) is 0.560. The van der Waals surface area contributed by atoms with E-state index in [-0.39, 0.29) is 18.7 Å². The SMILES string of the molecule is NCCCCCC(=O)N(CCCC[C@H](NC(=O)N[C@@H](CCC(=O)O)C(=O)O)C(=O)O)Cc1ccc(Br)cc1. The molecule has 7 N–H and O–H groups in total. The zero-order chi connectivity index (χ0) is 28.5. The predicted octanol–water partition coefficient (Wildman–Crippen LogP) is 2.54. The minimum Gasteiger partial charge on any atom is -0.481 e. The Morgan fingerprint density at radius 3 is 1.97 bits per heavy atom. The number of hydrogen-bond donors (Lipinski definition) is 6. The van der Waals surface area contributed by atoms with Crippen LogP contribution in [-0.2, 0) is 25.7 Å². The van der Waals surface area contributed by atoms with Gasteiger partial charge in [-0.1, -0.05) is 34.5 Å². The Hall–Kier alpha value is -3.19. The molecule has 0 saturated carbocycles. The molecule has 2 atom stereocenters. The van der Waals surface area contributed by atoms with Crippen LogP contribution in [0.15, 0.2) is 28.7 Å². The Bertz CT molecular complexity index is 928. The van der Waals surface area contributed by atoms with E-state index in [0.717, 1.165) is 29.3 Å². The number of hydrogen-bond acceptors (Lipinski definition) is 6. The number of rotatable bonds is 19. The van der Waals surface area contributed by atoms with Gasteiger partial charge in [0.1, 0.15) is 12.1 Å². The molecule has 38 heavy (non-hydrogen) atoms. The Kier molecular flexibility index (Phi) is 15.7. The van der Waals surface area contributed by atoms with Crippen molar-refractivity contribution in [2.45, 2.75) is 76.4 Å². The Labute approximate surface area is 230 Å². The summed E-state index contributed by atoms with van der Waals surface area (Å²) < 4.78 is 0.925. The molecule has 0 fully saturated rings. The van der Waals surface area contributed by atoms with Gasteiger partial charge in [0.25, 0.3) is 0 Å². The number of nitrogens with zero attached hydrogens (tertiary/aromatic N) is 1. The number of halogens is 1. The molecule has 0 radical (unpaired) electrons. The van der Waals surface area contributed by atoms with Crippen molar-refractivity contribution in [2.75, 3.05) is 13.1 Å². The maximum atomic E-state index is 12.9. The smallest absolute Gasteiger partial charge is 0.326 e. The van der Waals surface area contributed by atoms with E-state index >= 15 is 0 Å². The zero-order valence-electron chi connectivity index (χ0n) is 21.2. The predicted molar refractivity (Wildman–Crippen MR) is 142 cm³/mol. The topological polar surface area (TPSA) is 199 Å². The van der Waals surface area contributed by atoms with Gasteiger partial charge < -0.3 is 36.6 Å². The summed E-state index contributed by atoms with van der Waals surface area (Å²) in [7, 11) is 0. The highest BCUT2D eigenvalue weighted by Gasteiger charge is 2.25. The quantitative estimate of drug-likeness (QED) is 0.129. The second kappa shape index (κ2) is 18.1. The number of carboxylic acids is 3. The van der Waals surface area contributed by atoms with Gasteiger partial charge in [-0.3, -0.25) is 9.59 Å². The average molecular weight is 601 g/mol. The van der Waals surface area contributed by atoms with Gasteiger partial charge in [-0.05, 0) is 62.8 Å². The van der Waals surface area contributed by atoms with Crippen LogP contribution in [0.3, 0.4) is 0 Å². The maximum absolute atomic E-state index is 12.9. The number of benzene rings is 1. The van der Waals surface area contributed by atoms with Crippen LogP contribution in [0, 0.1) is 0 Å². The molecule has 13 heteroatoms. The fourth-order valence-electron chi connectivity index (χ4n) is 3.65. The monoisotopic (exact) mass is 600 g/mol. The summed E-state index contributed by atoms with van der Waals surface area (Å²) in [5, 5.41) is 31.7. The van der Waals surface area contributed by atoms with Gasteiger partial charge >= 0.3 is 23.9 Å². The molecule has 0 aliphatic carbocycles. The second-order valence-corrected chi connectivity index (χ2v) is 9.78. The van der Waals surface area contributed by atoms with Crippen molar-refractivity contribution in [1.82, 2.24) is 15.5 Å². The lowest BCUT2D eigenvalue weighted by molar-refractivity contribution is -0.140. The van der Waals surface area contributed by atoms with Crippen molar-refractivity contribution in [3.63, 3.8) is 0 Å². The first-order chi connectivity index (χ1) is 18.0. The van der Waals surface area contributed by atoms with Gasteiger partial charge in [0.15, 0.2) is 0 Å². The summed E-state index contributed by atoms with van der Waals surface area (Å²) in [5.74, 6) is -3.93. The number of carboxylic acid groups (broad SMARTS) is 3. The molecule has 0 bridgehead atoms. The molecule has 212 valence electrons. The summed E-state index contributed by atoms with van der Waals surface area (Å²) in [6.07, 6.45) is 2.97. The molecule has 0 aliphatic rings. The number of carbonyl (C=O) groups is 5. The van der Waals surface area contributed by atoms with E-state index in [2.05, 4.69) is 26.6 Å². The molecule has 0 heterocycles. The first-order valence-corrected chi connectivity index (χ1v) is 13.3. The van der Waals surface area contributed by atoms with Crippen LogP contribution in [0.4, 0.5) is 4.79 Å². The lowest BCUT2D eigenvalue weighted by atomic mass is 10.1. The van der Waals surface area contributed by atoms with Gasteiger partial charge in [0.2, 0.25) is 5.91 Å². The minimum absolute atomic E-state index is 0.00157. The van der Waals surface area contributed by atoms with Crippen LogP contribution in [0.1, 0.15) is 63.4 Å². The molecule has 1 aromatic carbocycles. The van der Waals surface area contributed by atoms with Gasteiger partial charge in [-0.25, -0.2) is 14.4 Å². The Balaban J connectivity index is 2.66. The third kappa shape index (κ3) is 13.9. The fourth-order valence-corrected chi connectivity index (χ4v) is 3.91. The lowest BCUT2D eigenvalue weighted by Gasteiger charge is -2.24. The summed E-state index contributed by atoms with van der Waals surface area (Å²) in [6, 6.07) is 3.86. The molecule has 1 aromatic rings. The first-order valence-electron chi connectivity index (χ1n) is 12.5. The summed E-state index contributed by atoms with van der Waals surface area (Å²) in [5.41, 5.74) is 6.48. The van der Waals surface area contributed by atoms with E-state index in [4.69, 9.17) is 15.9 Å². The Morgan fingerprint density at radius 2 is 1.42 bits per heavy atom. The van der Waals surface area contributed by atoms with Gasteiger partial charge in [-0.2, -0.15) is 0 Å². The zero-order valence-corrected chi connectivity index (χ0v) is 22.8. The average Bonchev–Trinajstić information content (AvgIpc) is 2.86. The molecule has 0 spiro atoms. The van der Waals surface area contributed by atoms with Crippen LogP contribution in [-0.4, -0.2) is 75.2 Å². The van der Waals surface area contributed by atoms with E-state index in [1.807, 2.05) is 24.3 Å². The van der Waals surface area contributed by atoms with Crippen molar-refractivity contribution in [1.29, 1.82) is 0 Å². The highest BCUT2D eigenvalue weighted by Crippen LogP contribution is 2.15. The maximum Gasteiger partial charge on any atom is 0.326 e. The largest absolute Gasteiger partial charge is 0.481 e. The molecule has 0 unspecified atom stereocenters. The number of nitrogens with one attached hydrogen (secondary N) is 2. The van der Waals surface area contributed by atoms with E-state index in [9.17, 15) is 29.1 Å². The first kappa shape index (κ1) is 32.8. The molecule has 1 rings (SSSR count). The molecule has 3 amide bonds. The van der Waals surface area contributed by atoms with Gasteiger partial charge in [-0.15, -0.1) is 0 Å². The normalized spacial score (nSPS) is 12.3. The van der Waals surface area contributed by atoms with Crippen LogP contribution < -0.4 is 16.4 Å². The number of amides is 3. The van der Waals surface area contributed by atoms with Gasteiger partial charge in [0.05, 0.1) is 0 Å². The number of carbonyl (C=O) groups excluding carboxylic acids is 2. The molecule has 0 aliphatic heterocycles. The summed E-state index contributed by atoms with van der Waals surface area (Å²) in [6.45, 7) is 1.40. The molecule has 12 nitrogen and oxygen atoms in total. The molecular formula is C25H37BrN4O8. The highest BCUT2D eigenvalue weighted by molar-refractivity contribution is 9.10. The molecule has 0 aromatic heterocycles. The van der Waals surface area contributed by atoms with Crippen molar-refractivity contribution in [3.05, 3.63) is 34.3 Å². The van der Waals surface area contributed by atoms with Crippen molar-refractivity contribution < 1.29 is 39.3 Å². The van der Waals surface area contributed by atoms with E-state index < -0.39 is 42.4 Å². The lowest BCUT2D eigenvalue weighted by Crippen LogP contribution is -2.51. The Morgan fingerprint density at radius 1 is 0.816 bits per heavy atom. The number of urea groups is 1. The summed E-state index contributed by atoms with van der Waals surface area (Å²) in [4.78, 5) is 60.3.